The highest BCUT2D eigenvalue weighted by Crippen LogP contribution is 2.22. The summed E-state index contributed by atoms with van der Waals surface area (Å²) in [4.78, 5) is 14.7. The molecule has 1 fully saturated rings. The number of nitrogens with one attached hydrogen (secondary N) is 1. The van der Waals surface area contributed by atoms with Gasteiger partial charge in [-0.25, -0.2) is 0 Å². The number of benzene rings is 2. The monoisotopic (exact) mass is 377 g/mol. The van der Waals surface area contributed by atoms with Crippen LogP contribution in [0.4, 0.5) is 0 Å². The molecular weight excluding hydrogens is 350 g/mol. The molecule has 0 radical (unpaired) electrons. The van der Waals surface area contributed by atoms with Gasteiger partial charge in [-0.15, -0.1) is 0 Å². The van der Waals surface area contributed by atoms with E-state index in [2.05, 4.69) is 52.7 Å². The highest BCUT2D eigenvalue weighted by atomic mass is 16.5. The lowest BCUT2D eigenvalue weighted by Crippen LogP contribution is -2.46. The van der Waals surface area contributed by atoms with Gasteiger partial charge in [0, 0.05) is 38.0 Å². The summed E-state index contributed by atoms with van der Waals surface area (Å²) in [5, 5.41) is 9.82. The predicted octanol–water partition coefficient (Wildman–Crippen LogP) is 3.58. The predicted molar refractivity (Wildman–Crippen MR) is 110 cm³/mol. The van der Waals surface area contributed by atoms with E-state index in [1.807, 2.05) is 18.7 Å². The smallest absolute Gasteiger partial charge is 0.223 e. The van der Waals surface area contributed by atoms with Gasteiger partial charge in [0.05, 0.1) is 18.4 Å². The summed E-state index contributed by atoms with van der Waals surface area (Å²) in [5.74, 6) is 0.186. The maximum atomic E-state index is 12.7. The Labute approximate surface area is 165 Å². The number of hydrogen-bond acceptors (Lipinski definition) is 3. The molecule has 0 spiro atoms. The van der Waals surface area contributed by atoms with Gasteiger partial charge in [0.2, 0.25) is 5.91 Å². The average molecular weight is 377 g/mol. The fourth-order valence-electron chi connectivity index (χ4n) is 3.95. The number of rotatable bonds is 5. The highest BCUT2D eigenvalue weighted by molar-refractivity contribution is 5.85. The highest BCUT2D eigenvalue weighted by Gasteiger charge is 2.25. The van der Waals surface area contributed by atoms with Gasteiger partial charge in [0.15, 0.2) is 0 Å². The molecule has 0 bridgehead atoms. The molecule has 3 aromatic rings. The Morgan fingerprint density at radius 3 is 2.86 bits per heavy atom. The molecule has 1 amide bonds. The Balaban J connectivity index is 1.38. The quantitative estimate of drug-likeness (QED) is 0.739. The van der Waals surface area contributed by atoms with Crippen LogP contribution in [0, 0.1) is 13.8 Å². The largest absolute Gasteiger partial charge is 0.374 e. The van der Waals surface area contributed by atoms with Crippen LogP contribution < -0.4 is 0 Å². The Morgan fingerprint density at radius 2 is 2.04 bits per heavy atom. The van der Waals surface area contributed by atoms with Crippen molar-refractivity contribution in [2.75, 3.05) is 19.7 Å². The number of amides is 1. The first-order valence-electron chi connectivity index (χ1n) is 9.98. The zero-order valence-corrected chi connectivity index (χ0v) is 16.6. The Kier molecular flexibility index (Phi) is 5.44. The first kappa shape index (κ1) is 18.7. The van der Waals surface area contributed by atoms with Gasteiger partial charge in [-0.1, -0.05) is 42.5 Å². The van der Waals surface area contributed by atoms with Crippen LogP contribution in [0.25, 0.3) is 10.8 Å². The number of fused-ring (bicyclic) bond motifs is 1. The number of morpholine rings is 1. The van der Waals surface area contributed by atoms with Crippen LogP contribution in [0.2, 0.25) is 0 Å². The lowest BCUT2D eigenvalue weighted by atomic mass is 9.99. The molecular formula is C23H27N3O2. The van der Waals surface area contributed by atoms with Gasteiger partial charge in [0.25, 0.3) is 0 Å². The number of aromatic nitrogens is 2. The molecule has 5 nitrogen and oxygen atoms in total. The van der Waals surface area contributed by atoms with Crippen molar-refractivity contribution in [2.45, 2.75) is 39.2 Å². The van der Waals surface area contributed by atoms with E-state index < -0.39 is 0 Å². The van der Waals surface area contributed by atoms with E-state index in [0.29, 0.717) is 32.5 Å². The Hall–Kier alpha value is -2.66. The summed E-state index contributed by atoms with van der Waals surface area (Å²) in [6, 6.07) is 14.8. The van der Waals surface area contributed by atoms with E-state index in [-0.39, 0.29) is 12.0 Å². The van der Waals surface area contributed by atoms with Crippen LogP contribution in [0.3, 0.4) is 0 Å². The molecule has 1 aromatic heterocycles. The summed E-state index contributed by atoms with van der Waals surface area (Å²) in [7, 11) is 0. The molecule has 2 aromatic carbocycles. The number of nitrogens with zero attached hydrogens (tertiary/aromatic N) is 2. The van der Waals surface area contributed by atoms with Crippen molar-refractivity contribution >= 4 is 16.7 Å². The molecule has 5 heteroatoms. The van der Waals surface area contributed by atoms with Gasteiger partial charge in [-0.2, -0.15) is 5.10 Å². The normalized spacial score (nSPS) is 17.2. The van der Waals surface area contributed by atoms with Crippen molar-refractivity contribution in [3.05, 3.63) is 65.0 Å². The van der Waals surface area contributed by atoms with E-state index in [1.165, 1.54) is 16.3 Å². The first-order valence-corrected chi connectivity index (χ1v) is 9.98. The topological polar surface area (TPSA) is 58.2 Å². The van der Waals surface area contributed by atoms with E-state index in [1.54, 1.807) is 0 Å². The minimum Gasteiger partial charge on any atom is -0.374 e. The lowest BCUT2D eigenvalue weighted by Gasteiger charge is -2.33. The molecule has 0 aliphatic carbocycles. The molecule has 28 heavy (non-hydrogen) atoms. The number of carbonyl (C=O) groups is 1. The van der Waals surface area contributed by atoms with Gasteiger partial charge in [-0.05, 0) is 35.7 Å². The molecule has 1 aliphatic rings. The third kappa shape index (κ3) is 3.94. The maximum absolute atomic E-state index is 12.7. The van der Waals surface area contributed by atoms with Gasteiger partial charge < -0.3 is 9.64 Å². The van der Waals surface area contributed by atoms with Crippen LogP contribution in [0.15, 0.2) is 42.5 Å². The number of carbonyl (C=O) groups excluding carboxylic acids is 1. The van der Waals surface area contributed by atoms with Gasteiger partial charge >= 0.3 is 0 Å². The van der Waals surface area contributed by atoms with Crippen molar-refractivity contribution in [3.8, 4) is 0 Å². The Bertz CT molecular complexity index is 974. The number of hydrogen-bond donors (Lipinski definition) is 1. The van der Waals surface area contributed by atoms with Crippen LogP contribution >= 0.6 is 0 Å². The van der Waals surface area contributed by atoms with Gasteiger partial charge in [-0.3, -0.25) is 9.89 Å². The van der Waals surface area contributed by atoms with Crippen molar-refractivity contribution < 1.29 is 9.53 Å². The molecule has 1 N–H and O–H groups in total. The molecule has 1 atom stereocenters. The fourth-order valence-corrected chi connectivity index (χ4v) is 3.95. The second-order valence-electron chi connectivity index (χ2n) is 7.60. The standard InChI is InChI=1S/C23H27N3O2/c1-16-17(2)24-25-22(16)10-11-23(27)26-12-13-28-20(15-26)14-19-8-5-7-18-6-3-4-9-21(18)19/h3-9,20H,10-15H2,1-2H3,(H,24,25)/t20-/m0/s1. The number of aryl methyl sites for hydroxylation is 2. The van der Waals surface area contributed by atoms with Crippen molar-refractivity contribution in [1.82, 2.24) is 15.1 Å². The third-order valence-corrected chi connectivity index (χ3v) is 5.75. The van der Waals surface area contributed by atoms with Crippen molar-refractivity contribution in [1.29, 1.82) is 0 Å². The summed E-state index contributed by atoms with van der Waals surface area (Å²) < 4.78 is 5.99. The van der Waals surface area contributed by atoms with Crippen molar-refractivity contribution in [3.63, 3.8) is 0 Å². The first-order chi connectivity index (χ1) is 13.6. The molecule has 1 aliphatic heterocycles. The number of ether oxygens (including phenoxy) is 1. The lowest BCUT2D eigenvalue weighted by molar-refractivity contribution is -0.138. The molecule has 2 heterocycles. The van der Waals surface area contributed by atoms with Crippen LogP contribution in [0.1, 0.15) is 28.9 Å². The molecule has 1 saturated heterocycles. The van der Waals surface area contributed by atoms with E-state index in [4.69, 9.17) is 4.74 Å². The minimum atomic E-state index is 0.0397. The zero-order valence-electron chi connectivity index (χ0n) is 16.6. The van der Waals surface area contributed by atoms with Crippen LogP contribution in [-0.2, 0) is 22.4 Å². The van der Waals surface area contributed by atoms with Crippen molar-refractivity contribution in [2.24, 2.45) is 0 Å². The van der Waals surface area contributed by atoms with Gasteiger partial charge in [0.1, 0.15) is 0 Å². The fraction of sp³-hybridized carbons (Fsp3) is 0.391. The zero-order chi connectivity index (χ0) is 19.5. The number of aromatic amines is 1. The third-order valence-electron chi connectivity index (χ3n) is 5.75. The molecule has 4 rings (SSSR count). The molecule has 0 saturated carbocycles. The Morgan fingerprint density at radius 1 is 1.21 bits per heavy atom. The summed E-state index contributed by atoms with van der Waals surface area (Å²) in [6.45, 7) is 5.98. The second kappa shape index (κ2) is 8.15. The van der Waals surface area contributed by atoms with E-state index in [9.17, 15) is 4.79 Å². The molecule has 146 valence electrons. The summed E-state index contributed by atoms with van der Waals surface area (Å²) in [6.07, 6.45) is 2.04. The number of H-pyrrole nitrogens is 1. The minimum absolute atomic E-state index is 0.0397. The van der Waals surface area contributed by atoms with E-state index in [0.717, 1.165) is 23.4 Å². The second-order valence-corrected chi connectivity index (χ2v) is 7.60. The summed E-state index contributed by atoms with van der Waals surface area (Å²) in [5.41, 5.74) is 4.50. The SMILES string of the molecule is Cc1[nH]nc(CCC(=O)N2CCO[C@@H](Cc3cccc4ccccc34)C2)c1C. The van der Waals surface area contributed by atoms with Crippen LogP contribution in [-0.4, -0.2) is 46.8 Å². The average Bonchev–Trinajstić information content (AvgIpc) is 3.04. The van der Waals surface area contributed by atoms with E-state index >= 15 is 0 Å². The molecule has 0 unspecified atom stereocenters. The maximum Gasteiger partial charge on any atom is 0.223 e. The summed E-state index contributed by atoms with van der Waals surface area (Å²) >= 11 is 0. The van der Waals surface area contributed by atoms with Crippen LogP contribution in [0.5, 0.6) is 0 Å².